The topological polar surface area (TPSA) is 94.7 Å². The molecule has 1 aliphatic heterocycles. The number of pyridine rings is 1. The van der Waals surface area contributed by atoms with Crippen molar-refractivity contribution in [2.24, 2.45) is 0 Å². The number of amides is 2. The van der Waals surface area contributed by atoms with Crippen molar-refractivity contribution in [3.63, 3.8) is 0 Å². The highest BCUT2D eigenvalue weighted by molar-refractivity contribution is 5.97. The molecule has 8 heteroatoms. The molecule has 0 radical (unpaired) electrons. The van der Waals surface area contributed by atoms with Crippen LogP contribution in [0.1, 0.15) is 38.8 Å². The van der Waals surface area contributed by atoms with Gasteiger partial charge in [0.05, 0.1) is 6.61 Å². The first-order valence-electron chi connectivity index (χ1n) is 9.91. The van der Waals surface area contributed by atoms with E-state index in [1.165, 1.54) is 0 Å². The molecule has 3 rings (SSSR count). The summed E-state index contributed by atoms with van der Waals surface area (Å²) in [5.74, 6) is -0.494. The number of hydrogen-bond acceptors (Lipinski definition) is 5. The van der Waals surface area contributed by atoms with E-state index in [4.69, 9.17) is 4.74 Å². The van der Waals surface area contributed by atoms with Crippen LogP contribution >= 0.6 is 0 Å². The first-order valence-corrected chi connectivity index (χ1v) is 9.91. The SMILES string of the molecule is COCC(C)NC(=O)c1c2c(c[nH]c1=O)CN(C(=O)c1cccc(N(C)C)c1)CC2. The van der Waals surface area contributed by atoms with Crippen molar-refractivity contribution < 1.29 is 14.3 Å². The van der Waals surface area contributed by atoms with Crippen LogP contribution in [0.15, 0.2) is 35.3 Å². The summed E-state index contributed by atoms with van der Waals surface area (Å²) in [5.41, 5.74) is 2.74. The molecule has 0 saturated carbocycles. The first kappa shape index (κ1) is 21.6. The van der Waals surface area contributed by atoms with Crippen LogP contribution in [0.2, 0.25) is 0 Å². The van der Waals surface area contributed by atoms with Crippen LogP contribution in [-0.2, 0) is 17.7 Å². The molecule has 0 saturated heterocycles. The van der Waals surface area contributed by atoms with Crippen LogP contribution in [-0.4, -0.2) is 62.1 Å². The van der Waals surface area contributed by atoms with E-state index in [2.05, 4.69) is 10.3 Å². The Hall–Kier alpha value is -3.13. The van der Waals surface area contributed by atoms with Gasteiger partial charge in [-0.2, -0.15) is 0 Å². The van der Waals surface area contributed by atoms with Crippen molar-refractivity contribution in [3.05, 3.63) is 63.1 Å². The van der Waals surface area contributed by atoms with Gasteiger partial charge in [0.2, 0.25) is 0 Å². The molecule has 2 amide bonds. The number of anilines is 1. The van der Waals surface area contributed by atoms with E-state index in [0.29, 0.717) is 37.2 Å². The van der Waals surface area contributed by atoms with Gasteiger partial charge in [-0.25, -0.2) is 0 Å². The van der Waals surface area contributed by atoms with Crippen LogP contribution in [0.4, 0.5) is 5.69 Å². The smallest absolute Gasteiger partial charge is 0.261 e. The number of nitrogens with one attached hydrogen (secondary N) is 2. The molecular weight excluding hydrogens is 384 g/mol. The van der Waals surface area contributed by atoms with E-state index in [1.54, 1.807) is 24.3 Å². The summed E-state index contributed by atoms with van der Waals surface area (Å²) in [5, 5.41) is 2.80. The number of carbonyl (C=O) groups is 2. The molecule has 0 fully saturated rings. The van der Waals surface area contributed by atoms with E-state index in [1.807, 2.05) is 44.1 Å². The van der Waals surface area contributed by atoms with E-state index >= 15 is 0 Å². The second-order valence-corrected chi connectivity index (χ2v) is 7.75. The highest BCUT2D eigenvalue weighted by atomic mass is 16.5. The third kappa shape index (κ3) is 4.54. The molecule has 1 aromatic carbocycles. The summed E-state index contributed by atoms with van der Waals surface area (Å²) in [6, 6.07) is 7.25. The minimum absolute atomic E-state index is 0.0738. The van der Waals surface area contributed by atoms with Crippen LogP contribution in [0.5, 0.6) is 0 Å². The van der Waals surface area contributed by atoms with Gasteiger partial charge in [0.1, 0.15) is 5.56 Å². The number of hydrogen-bond donors (Lipinski definition) is 2. The molecule has 1 unspecified atom stereocenters. The molecule has 8 nitrogen and oxygen atoms in total. The minimum atomic E-state index is -0.422. The number of benzene rings is 1. The molecular formula is C22H28N4O4. The normalized spacial score (nSPS) is 14.1. The third-order valence-corrected chi connectivity index (χ3v) is 5.20. The predicted octanol–water partition coefficient (Wildman–Crippen LogP) is 1.40. The molecule has 2 aromatic rings. The van der Waals surface area contributed by atoms with Crippen molar-refractivity contribution in [1.29, 1.82) is 0 Å². The zero-order valence-electron chi connectivity index (χ0n) is 17.8. The van der Waals surface area contributed by atoms with Crippen molar-refractivity contribution in [3.8, 4) is 0 Å². The monoisotopic (exact) mass is 412 g/mol. The quantitative estimate of drug-likeness (QED) is 0.748. The summed E-state index contributed by atoms with van der Waals surface area (Å²) < 4.78 is 5.04. The summed E-state index contributed by atoms with van der Waals surface area (Å²) in [4.78, 5) is 44.4. The number of H-pyrrole nitrogens is 1. The molecule has 2 N–H and O–H groups in total. The van der Waals surface area contributed by atoms with Crippen molar-refractivity contribution >= 4 is 17.5 Å². The molecule has 1 aliphatic rings. The van der Waals surface area contributed by atoms with Gasteiger partial charge in [0, 0.05) is 57.8 Å². The van der Waals surface area contributed by atoms with Crippen molar-refractivity contribution in [2.45, 2.75) is 25.9 Å². The molecule has 30 heavy (non-hydrogen) atoms. The van der Waals surface area contributed by atoms with Gasteiger partial charge in [-0.1, -0.05) is 6.07 Å². The molecule has 2 heterocycles. The Morgan fingerprint density at radius 1 is 1.33 bits per heavy atom. The lowest BCUT2D eigenvalue weighted by Crippen LogP contribution is -2.42. The molecule has 1 aromatic heterocycles. The van der Waals surface area contributed by atoms with Gasteiger partial charge >= 0.3 is 0 Å². The highest BCUT2D eigenvalue weighted by Gasteiger charge is 2.27. The van der Waals surface area contributed by atoms with Crippen LogP contribution < -0.4 is 15.8 Å². The lowest BCUT2D eigenvalue weighted by atomic mass is 9.95. The Bertz CT molecular complexity index is 999. The van der Waals surface area contributed by atoms with Crippen LogP contribution in [0, 0.1) is 0 Å². The lowest BCUT2D eigenvalue weighted by molar-refractivity contribution is 0.0734. The number of ether oxygens (including phenoxy) is 1. The maximum absolute atomic E-state index is 13.0. The van der Waals surface area contributed by atoms with Gasteiger partial charge in [0.25, 0.3) is 17.4 Å². The molecule has 160 valence electrons. The summed E-state index contributed by atoms with van der Waals surface area (Å²) >= 11 is 0. The van der Waals surface area contributed by atoms with E-state index in [-0.39, 0.29) is 17.5 Å². The molecule has 0 aliphatic carbocycles. The van der Waals surface area contributed by atoms with Gasteiger partial charge in [0.15, 0.2) is 0 Å². The minimum Gasteiger partial charge on any atom is -0.383 e. The highest BCUT2D eigenvalue weighted by Crippen LogP contribution is 2.23. The number of carbonyl (C=O) groups excluding carboxylic acids is 2. The number of methoxy groups -OCH3 is 1. The van der Waals surface area contributed by atoms with Crippen LogP contribution in [0.25, 0.3) is 0 Å². The zero-order chi connectivity index (χ0) is 21.8. The Kier molecular flexibility index (Phi) is 6.56. The number of rotatable bonds is 6. The van der Waals surface area contributed by atoms with E-state index in [9.17, 15) is 14.4 Å². The molecule has 0 spiro atoms. The van der Waals surface area contributed by atoms with Gasteiger partial charge < -0.3 is 24.8 Å². The first-order chi connectivity index (χ1) is 14.3. The maximum atomic E-state index is 13.0. The fourth-order valence-electron chi connectivity index (χ4n) is 3.67. The lowest BCUT2D eigenvalue weighted by Gasteiger charge is -2.30. The Balaban J connectivity index is 1.83. The predicted molar refractivity (Wildman–Crippen MR) is 115 cm³/mol. The van der Waals surface area contributed by atoms with Gasteiger partial charge in [-0.15, -0.1) is 0 Å². The second-order valence-electron chi connectivity index (χ2n) is 7.75. The second kappa shape index (κ2) is 9.13. The maximum Gasteiger partial charge on any atom is 0.261 e. The van der Waals surface area contributed by atoms with E-state index in [0.717, 1.165) is 11.3 Å². The average molecular weight is 412 g/mol. The Labute approximate surface area is 175 Å². The van der Waals surface area contributed by atoms with Crippen LogP contribution in [0.3, 0.4) is 0 Å². The summed E-state index contributed by atoms with van der Waals surface area (Å²) in [6.45, 7) is 2.95. The number of fused-ring (bicyclic) bond motifs is 1. The summed E-state index contributed by atoms with van der Waals surface area (Å²) in [6.07, 6.45) is 2.04. The average Bonchev–Trinajstić information content (AvgIpc) is 2.72. The number of nitrogens with zero attached hydrogens (tertiary/aromatic N) is 2. The third-order valence-electron chi connectivity index (χ3n) is 5.20. The Morgan fingerprint density at radius 3 is 2.80 bits per heavy atom. The van der Waals surface area contributed by atoms with Crippen molar-refractivity contribution in [1.82, 2.24) is 15.2 Å². The fraction of sp³-hybridized carbons (Fsp3) is 0.409. The number of aromatic amines is 1. The summed E-state index contributed by atoms with van der Waals surface area (Å²) in [7, 11) is 5.41. The number of aromatic nitrogens is 1. The molecule has 1 atom stereocenters. The standard InChI is InChI=1S/C22H28N4O4/c1-14(13-30-4)24-21(28)19-18-8-9-26(12-16(18)11-23-20(19)27)22(29)15-6-5-7-17(10-15)25(2)3/h5-7,10-11,14H,8-9,12-13H2,1-4H3,(H,23,27)(H,24,28). The zero-order valence-corrected chi connectivity index (χ0v) is 17.8. The fourth-order valence-corrected chi connectivity index (χ4v) is 3.67. The largest absolute Gasteiger partial charge is 0.383 e. The van der Waals surface area contributed by atoms with Crippen molar-refractivity contribution in [2.75, 3.05) is 39.3 Å². The Morgan fingerprint density at radius 2 is 2.10 bits per heavy atom. The van der Waals surface area contributed by atoms with Gasteiger partial charge in [-0.3, -0.25) is 14.4 Å². The van der Waals surface area contributed by atoms with Gasteiger partial charge in [-0.05, 0) is 42.7 Å². The molecule has 0 bridgehead atoms. The van der Waals surface area contributed by atoms with E-state index < -0.39 is 11.5 Å².